The van der Waals surface area contributed by atoms with E-state index < -0.39 is 11.9 Å². The molecule has 0 bridgehead atoms. The highest BCUT2D eigenvalue weighted by Crippen LogP contribution is 2.18. The average molecular weight is 434 g/mol. The van der Waals surface area contributed by atoms with E-state index in [1.807, 2.05) is 37.3 Å². The number of carbonyl (C=O) groups excluding carboxylic acids is 2. The Hall–Kier alpha value is -3.64. The van der Waals surface area contributed by atoms with E-state index >= 15 is 0 Å². The molecule has 0 radical (unpaired) electrons. The first-order chi connectivity index (χ1) is 15.7. The molecule has 0 aliphatic carbocycles. The molecule has 32 heavy (non-hydrogen) atoms. The van der Waals surface area contributed by atoms with Crippen molar-refractivity contribution in [1.82, 2.24) is 0 Å². The monoisotopic (exact) mass is 434 g/mol. The molecule has 0 aromatic heterocycles. The van der Waals surface area contributed by atoms with Crippen LogP contribution in [0.5, 0.6) is 11.5 Å². The first-order valence-electron chi connectivity index (χ1n) is 10.5. The molecule has 166 valence electrons. The highest BCUT2D eigenvalue weighted by Gasteiger charge is 2.12. The lowest BCUT2D eigenvalue weighted by Gasteiger charge is -2.09. The third-order valence-electron chi connectivity index (χ3n) is 4.54. The van der Waals surface area contributed by atoms with Crippen molar-refractivity contribution < 1.29 is 28.5 Å². The second-order valence-electron chi connectivity index (χ2n) is 6.86. The lowest BCUT2D eigenvalue weighted by atomic mass is 10.2. The summed E-state index contributed by atoms with van der Waals surface area (Å²) in [6.45, 7) is 3.49. The van der Waals surface area contributed by atoms with Crippen LogP contribution in [0.15, 0.2) is 78.9 Å². The van der Waals surface area contributed by atoms with Gasteiger partial charge in [-0.2, -0.15) is 0 Å². The molecule has 0 heterocycles. The van der Waals surface area contributed by atoms with Gasteiger partial charge in [-0.05, 0) is 55.0 Å². The van der Waals surface area contributed by atoms with Gasteiger partial charge in [0.15, 0.2) is 0 Å². The summed E-state index contributed by atoms with van der Waals surface area (Å²) < 4.78 is 21.4. The Kier molecular flexibility index (Phi) is 8.83. The first kappa shape index (κ1) is 23.0. The van der Waals surface area contributed by atoms with Gasteiger partial charge in [-0.25, -0.2) is 9.59 Å². The van der Waals surface area contributed by atoms with E-state index in [0.29, 0.717) is 42.4 Å². The highest BCUT2D eigenvalue weighted by molar-refractivity contribution is 5.92. The van der Waals surface area contributed by atoms with Gasteiger partial charge in [0, 0.05) is 13.0 Å². The second-order valence-corrected chi connectivity index (χ2v) is 6.86. The number of benzene rings is 3. The lowest BCUT2D eigenvalue weighted by Crippen LogP contribution is -2.11. The molecule has 3 aromatic carbocycles. The van der Waals surface area contributed by atoms with Crippen molar-refractivity contribution in [2.45, 2.75) is 13.3 Å². The first-order valence-corrected chi connectivity index (χ1v) is 10.5. The van der Waals surface area contributed by atoms with Crippen molar-refractivity contribution in [3.63, 3.8) is 0 Å². The molecule has 0 aliphatic rings. The summed E-state index contributed by atoms with van der Waals surface area (Å²) in [5.41, 5.74) is 1.93. The van der Waals surface area contributed by atoms with Gasteiger partial charge in [-0.1, -0.05) is 36.4 Å². The summed E-state index contributed by atoms with van der Waals surface area (Å²) in [5, 5.41) is 0. The minimum absolute atomic E-state index is 0.188. The Morgan fingerprint density at radius 3 is 2.25 bits per heavy atom. The Bertz CT molecular complexity index is 998. The molecular weight excluding hydrogens is 408 g/mol. The summed E-state index contributed by atoms with van der Waals surface area (Å²) in [4.78, 5) is 24.5. The zero-order valence-electron chi connectivity index (χ0n) is 18.0. The van der Waals surface area contributed by atoms with Crippen molar-refractivity contribution in [3.05, 3.63) is 95.6 Å². The molecular formula is C26H26O6. The molecule has 0 atom stereocenters. The zero-order valence-corrected chi connectivity index (χ0v) is 18.0. The average Bonchev–Trinajstić information content (AvgIpc) is 2.83. The Balaban J connectivity index is 1.50. The van der Waals surface area contributed by atoms with Gasteiger partial charge in [0.2, 0.25) is 0 Å². The van der Waals surface area contributed by atoms with Gasteiger partial charge in [-0.3, -0.25) is 0 Å². The molecule has 0 aliphatic heterocycles. The van der Waals surface area contributed by atoms with Crippen LogP contribution in [0, 0.1) is 0 Å². The van der Waals surface area contributed by atoms with Crippen LogP contribution in [0.25, 0.3) is 0 Å². The number of carbonyl (C=O) groups is 2. The van der Waals surface area contributed by atoms with E-state index in [-0.39, 0.29) is 6.61 Å². The molecule has 3 aromatic rings. The number of hydrogen-bond donors (Lipinski definition) is 0. The van der Waals surface area contributed by atoms with Crippen molar-refractivity contribution in [2.75, 3.05) is 26.4 Å². The maximum atomic E-state index is 12.5. The van der Waals surface area contributed by atoms with Crippen LogP contribution >= 0.6 is 0 Å². The van der Waals surface area contributed by atoms with E-state index in [4.69, 9.17) is 18.9 Å². The molecule has 0 N–H and O–H groups in total. The summed E-state index contributed by atoms with van der Waals surface area (Å²) in [7, 11) is 0. The number of rotatable bonds is 11. The smallest absolute Gasteiger partial charge is 0.343 e. The topological polar surface area (TPSA) is 71.1 Å². The van der Waals surface area contributed by atoms with Crippen LogP contribution in [-0.4, -0.2) is 38.4 Å². The quantitative estimate of drug-likeness (QED) is 0.247. The van der Waals surface area contributed by atoms with Crippen molar-refractivity contribution >= 4 is 11.9 Å². The van der Waals surface area contributed by atoms with Gasteiger partial charge in [-0.15, -0.1) is 0 Å². The molecule has 0 fully saturated rings. The molecule has 0 saturated heterocycles. The Morgan fingerprint density at radius 1 is 0.719 bits per heavy atom. The largest absolute Gasteiger partial charge is 0.493 e. The predicted molar refractivity (Wildman–Crippen MR) is 120 cm³/mol. The molecule has 3 rings (SSSR count). The third kappa shape index (κ3) is 7.25. The van der Waals surface area contributed by atoms with Gasteiger partial charge >= 0.3 is 11.9 Å². The fraction of sp³-hybridized carbons (Fsp3) is 0.231. The minimum atomic E-state index is -0.509. The number of ether oxygens (including phenoxy) is 4. The summed E-state index contributed by atoms with van der Waals surface area (Å²) in [6.07, 6.45) is 0.774. The van der Waals surface area contributed by atoms with Crippen LogP contribution in [0.4, 0.5) is 0 Å². The van der Waals surface area contributed by atoms with Crippen LogP contribution < -0.4 is 9.47 Å². The SMILES string of the molecule is CCOCCOC(=O)c1ccc(OC(=O)c2cccc(OCCc3ccccc3)c2)cc1. The number of esters is 2. The molecule has 0 unspecified atom stereocenters. The molecule has 0 saturated carbocycles. The third-order valence-corrected chi connectivity index (χ3v) is 4.54. The van der Waals surface area contributed by atoms with Crippen molar-refractivity contribution in [2.24, 2.45) is 0 Å². The summed E-state index contributed by atoms with van der Waals surface area (Å²) in [6, 6.07) is 23.1. The van der Waals surface area contributed by atoms with Crippen LogP contribution in [0.1, 0.15) is 33.2 Å². The maximum Gasteiger partial charge on any atom is 0.343 e. The zero-order chi connectivity index (χ0) is 22.6. The molecule has 0 amide bonds. The number of hydrogen-bond acceptors (Lipinski definition) is 6. The van der Waals surface area contributed by atoms with E-state index in [9.17, 15) is 9.59 Å². The van der Waals surface area contributed by atoms with Crippen molar-refractivity contribution in [1.29, 1.82) is 0 Å². The second kappa shape index (κ2) is 12.3. The van der Waals surface area contributed by atoms with Crippen LogP contribution in [0.3, 0.4) is 0 Å². The van der Waals surface area contributed by atoms with E-state index in [2.05, 4.69) is 0 Å². The van der Waals surface area contributed by atoms with Gasteiger partial charge in [0.1, 0.15) is 18.1 Å². The minimum Gasteiger partial charge on any atom is -0.493 e. The van der Waals surface area contributed by atoms with E-state index in [0.717, 1.165) is 6.42 Å². The maximum absolute atomic E-state index is 12.5. The predicted octanol–water partition coefficient (Wildman–Crippen LogP) is 4.72. The summed E-state index contributed by atoms with van der Waals surface area (Å²) in [5.74, 6) is -0.0368. The fourth-order valence-electron chi connectivity index (χ4n) is 2.89. The molecule has 6 heteroatoms. The van der Waals surface area contributed by atoms with Crippen molar-refractivity contribution in [3.8, 4) is 11.5 Å². The normalized spacial score (nSPS) is 10.4. The van der Waals surface area contributed by atoms with Gasteiger partial charge < -0.3 is 18.9 Å². The highest BCUT2D eigenvalue weighted by atomic mass is 16.6. The van der Waals surface area contributed by atoms with Crippen LogP contribution in [0.2, 0.25) is 0 Å². The summed E-state index contributed by atoms with van der Waals surface area (Å²) >= 11 is 0. The van der Waals surface area contributed by atoms with Gasteiger partial charge in [0.05, 0.1) is 24.3 Å². The van der Waals surface area contributed by atoms with Gasteiger partial charge in [0.25, 0.3) is 0 Å². The van der Waals surface area contributed by atoms with E-state index in [1.54, 1.807) is 48.5 Å². The molecule has 0 spiro atoms. The fourth-order valence-corrected chi connectivity index (χ4v) is 2.89. The Labute approximate surface area is 187 Å². The molecule has 6 nitrogen and oxygen atoms in total. The van der Waals surface area contributed by atoms with E-state index in [1.165, 1.54) is 5.56 Å². The Morgan fingerprint density at radius 2 is 1.50 bits per heavy atom. The standard InChI is InChI=1S/C26H26O6/c1-2-29-17-18-31-25(27)21-11-13-23(14-12-21)32-26(28)22-9-6-10-24(19-22)30-16-15-20-7-4-3-5-8-20/h3-14,19H,2,15-18H2,1H3. The lowest BCUT2D eigenvalue weighted by molar-refractivity contribution is 0.0335. The van der Waals surface area contributed by atoms with Crippen LogP contribution in [-0.2, 0) is 15.9 Å².